The molecule has 1 aliphatic rings. The summed E-state index contributed by atoms with van der Waals surface area (Å²) >= 11 is 12.4. The number of nitrogens with one attached hydrogen (secondary N) is 1. The largest absolute Gasteiger partial charge is 0.495 e. The number of methoxy groups -OCH3 is 2. The molecule has 1 N–H and O–H groups in total. The van der Waals surface area contributed by atoms with Crippen LogP contribution in [-0.2, 0) is 21.2 Å². The molecule has 0 radical (unpaired) electrons. The maximum atomic E-state index is 13.4. The van der Waals surface area contributed by atoms with Crippen molar-refractivity contribution in [2.75, 3.05) is 37.0 Å². The first kappa shape index (κ1) is 25.9. The Morgan fingerprint density at radius 3 is 2.42 bits per heavy atom. The van der Waals surface area contributed by atoms with Crippen LogP contribution < -0.4 is 23.8 Å². The SMILES string of the molecule is COc1cc(NC(=O)COc2ccc(S(=O)(=O)N3CCCc4ccccc43)cc2Cl)c(OC)cc1Cl. The summed E-state index contributed by atoms with van der Waals surface area (Å²) < 4.78 is 44.1. The van der Waals surface area contributed by atoms with E-state index in [2.05, 4.69) is 5.32 Å². The van der Waals surface area contributed by atoms with Gasteiger partial charge in [-0.3, -0.25) is 9.10 Å². The van der Waals surface area contributed by atoms with E-state index in [-0.39, 0.29) is 22.3 Å². The average Bonchev–Trinajstić information content (AvgIpc) is 2.88. The number of hydrogen-bond donors (Lipinski definition) is 1. The molecule has 4 rings (SSSR count). The van der Waals surface area contributed by atoms with Crippen LogP contribution in [0.4, 0.5) is 11.4 Å². The second-order valence-electron chi connectivity index (χ2n) is 7.93. The quantitative estimate of drug-likeness (QED) is 0.415. The monoisotopic (exact) mass is 550 g/mol. The molecule has 36 heavy (non-hydrogen) atoms. The Morgan fingerprint density at radius 2 is 1.69 bits per heavy atom. The predicted molar refractivity (Wildman–Crippen MR) is 139 cm³/mol. The van der Waals surface area contributed by atoms with Gasteiger partial charge < -0.3 is 19.5 Å². The number of nitrogens with zero attached hydrogens (tertiary/aromatic N) is 1. The molecule has 3 aromatic carbocycles. The van der Waals surface area contributed by atoms with Gasteiger partial charge in [0.1, 0.15) is 17.2 Å². The molecule has 1 heterocycles. The molecule has 0 aromatic heterocycles. The first-order valence-electron chi connectivity index (χ1n) is 11.0. The zero-order chi connectivity index (χ0) is 25.9. The number of fused-ring (bicyclic) bond motifs is 1. The molecule has 3 aromatic rings. The van der Waals surface area contributed by atoms with Gasteiger partial charge in [0.05, 0.1) is 40.5 Å². The number of hydrogen-bond acceptors (Lipinski definition) is 6. The van der Waals surface area contributed by atoms with E-state index in [4.69, 9.17) is 37.4 Å². The molecule has 0 saturated heterocycles. The normalized spacial score (nSPS) is 13.1. The molecule has 0 bridgehead atoms. The van der Waals surface area contributed by atoms with Gasteiger partial charge in [-0.05, 0) is 42.7 Å². The molecule has 0 atom stereocenters. The third kappa shape index (κ3) is 5.33. The summed E-state index contributed by atoms with van der Waals surface area (Å²) in [7, 11) is -0.924. The summed E-state index contributed by atoms with van der Waals surface area (Å²) in [4.78, 5) is 12.5. The molecule has 1 aliphatic heterocycles. The van der Waals surface area contributed by atoms with Crippen LogP contribution in [0.2, 0.25) is 10.0 Å². The summed E-state index contributed by atoms with van der Waals surface area (Å²) in [6, 6.07) is 14.7. The van der Waals surface area contributed by atoms with E-state index in [1.165, 1.54) is 48.9 Å². The molecule has 0 saturated carbocycles. The Hall–Kier alpha value is -3.14. The standard InChI is InChI=1S/C25H24Cl2N2O6S/c1-33-23-14-20(24(34-2)13-19(23)27)28-25(30)15-35-22-10-9-17(12-18(22)26)36(31,32)29-11-5-7-16-6-3-4-8-21(16)29/h3-4,6,8-10,12-14H,5,7,11,15H2,1-2H3,(H,28,30). The van der Waals surface area contributed by atoms with Crippen molar-refractivity contribution in [1.29, 1.82) is 0 Å². The topological polar surface area (TPSA) is 94.2 Å². The molecule has 8 nitrogen and oxygen atoms in total. The van der Waals surface area contributed by atoms with Crippen LogP contribution in [-0.4, -0.2) is 41.7 Å². The highest BCUT2D eigenvalue weighted by molar-refractivity contribution is 7.92. The Morgan fingerprint density at radius 1 is 0.972 bits per heavy atom. The molecule has 0 spiro atoms. The fourth-order valence-corrected chi connectivity index (χ4v) is 6.02. The number of carbonyl (C=O) groups is 1. The molecule has 11 heteroatoms. The Balaban J connectivity index is 1.47. The Bertz CT molecular complexity index is 1400. The molecule has 190 valence electrons. The first-order valence-corrected chi connectivity index (χ1v) is 13.2. The van der Waals surface area contributed by atoms with Crippen LogP contribution in [0.1, 0.15) is 12.0 Å². The van der Waals surface area contributed by atoms with Crippen molar-refractivity contribution in [2.24, 2.45) is 0 Å². The van der Waals surface area contributed by atoms with Gasteiger partial charge in [0.25, 0.3) is 15.9 Å². The molecule has 0 unspecified atom stereocenters. The van der Waals surface area contributed by atoms with Crippen LogP contribution in [0.5, 0.6) is 17.2 Å². The number of sulfonamides is 1. The number of aryl methyl sites for hydroxylation is 1. The summed E-state index contributed by atoms with van der Waals surface area (Å²) in [6.07, 6.45) is 1.55. The van der Waals surface area contributed by atoms with Crippen molar-refractivity contribution in [3.63, 3.8) is 0 Å². The third-order valence-electron chi connectivity index (χ3n) is 5.67. The zero-order valence-corrected chi connectivity index (χ0v) is 21.9. The number of halogens is 2. The molecular weight excluding hydrogens is 527 g/mol. The van der Waals surface area contributed by atoms with Gasteiger partial charge >= 0.3 is 0 Å². The van der Waals surface area contributed by atoms with Crippen LogP contribution in [0.3, 0.4) is 0 Å². The summed E-state index contributed by atoms with van der Waals surface area (Å²) in [5, 5.41) is 3.07. The van der Waals surface area contributed by atoms with Gasteiger partial charge in [-0.15, -0.1) is 0 Å². The van der Waals surface area contributed by atoms with Crippen molar-refractivity contribution in [3.05, 3.63) is 70.2 Å². The van der Waals surface area contributed by atoms with E-state index in [0.717, 1.165) is 18.4 Å². The maximum Gasteiger partial charge on any atom is 0.264 e. The second kappa shape index (κ2) is 10.9. The van der Waals surface area contributed by atoms with E-state index in [9.17, 15) is 13.2 Å². The van der Waals surface area contributed by atoms with Crippen LogP contribution in [0.15, 0.2) is 59.5 Å². The van der Waals surface area contributed by atoms with Crippen molar-refractivity contribution in [2.45, 2.75) is 17.7 Å². The van der Waals surface area contributed by atoms with E-state index in [1.54, 1.807) is 6.07 Å². The van der Waals surface area contributed by atoms with E-state index >= 15 is 0 Å². The number of anilines is 2. The van der Waals surface area contributed by atoms with E-state index in [1.807, 2.05) is 18.2 Å². The molecular formula is C25H24Cl2N2O6S. The minimum Gasteiger partial charge on any atom is -0.495 e. The second-order valence-corrected chi connectivity index (χ2v) is 10.6. The zero-order valence-electron chi connectivity index (χ0n) is 19.6. The van der Waals surface area contributed by atoms with Gasteiger partial charge in [-0.2, -0.15) is 0 Å². The summed E-state index contributed by atoms with van der Waals surface area (Å²) in [6.45, 7) is 0.00769. The lowest BCUT2D eigenvalue weighted by Gasteiger charge is -2.30. The Labute approximate surface area is 219 Å². The molecule has 1 amide bonds. The van der Waals surface area contributed by atoms with Crippen molar-refractivity contribution in [3.8, 4) is 17.2 Å². The first-order chi connectivity index (χ1) is 17.2. The van der Waals surface area contributed by atoms with Gasteiger partial charge in [-0.1, -0.05) is 41.4 Å². The lowest BCUT2D eigenvalue weighted by molar-refractivity contribution is -0.118. The van der Waals surface area contributed by atoms with Crippen molar-refractivity contribution < 1.29 is 27.4 Å². The maximum absolute atomic E-state index is 13.4. The lowest BCUT2D eigenvalue weighted by Crippen LogP contribution is -2.35. The minimum atomic E-state index is -3.83. The number of ether oxygens (including phenoxy) is 3. The third-order valence-corrected chi connectivity index (χ3v) is 8.07. The highest BCUT2D eigenvalue weighted by Crippen LogP contribution is 2.36. The number of carbonyl (C=O) groups excluding carboxylic acids is 1. The lowest BCUT2D eigenvalue weighted by atomic mass is 10.0. The Kier molecular flexibility index (Phi) is 7.82. The summed E-state index contributed by atoms with van der Waals surface area (Å²) in [5.74, 6) is 0.395. The number of rotatable bonds is 8. The predicted octanol–water partition coefficient (Wildman–Crippen LogP) is 5.17. The van der Waals surface area contributed by atoms with Crippen molar-refractivity contribution >= 4 is 50.5 Å². The van der Waals surface area contributed by atoms with Gasteiger partial charge in [0.2, 0.25) is 0 Å². The van der Waals surface area contributed by atoms with Crippen LogP contribution >= 0.6 is 23.2 Å². The molecule has 0 fully saturated rings. The highest BCUT2D eigenvalue weighted by atomic mass is 35.5. The highest BCUT2D eigenvalue weighted by Gasteiger charge is 2.29. The average molecular weight is 551 g/mol. The number of para-hydroxylation sites is 1. The fraction of sp³-hybridized carbons (Fsp3) is 0.240. The van der Waals surface area contributed by atoms with Gasteiger partial charge in [-0.25, -0.2) is 8.42 Å². The summed E-state index contributed by atoms with van der Waals surface area (Å²) in [5.41, 5.74) is 2.01. The molecule has 0 aliphatic carbocycles. The van der Waals surface area contributed by atoms with Crippen LogP contribution in [0, 0.1) is 0 Å². The smallest absolute Gasteiger partial charge is 0.264 e. The number of benzene rings is 3. The van der Waals surface area contributed by atoms with Crippen molar-refractivity contribution in [1.82, 2.24) is 0 Å². The van der Waals surface area contributed by atoms with Gasteiger partial charge in [0, 0.05) is 18.7 Å². The fourth-order valence-electron chi connectivity index (χ4n) is 3.92. The number of amides is 1. The van der Waals surface area contributed by atoms with E-state index in [0.29, 0.717) is 34.4 Å². The van der Waals surface area contributed by atoms with Gasteiger partial charge in [0.15, 0.2) is 6.61 Å². The minimum absolute atomic E-state index is 0.0407. The van der Waals surface area contributed by atoms with Crippen LogP contribution in [0.25, 0.3) is 0 Å². The van der Waals surface area contributed by atoms with E-state index < -0.39 is 15.9 Å².